The van der Waals surface area contributed by atoms with E-state index in [9.17, 15) is 66.9 Å². The van der Waals surface area contributed by atoms with Gasteiger partial charge in [0.15, 0.2) is 5.82 Å². The molecule has 0 spiro atoms. The second kappa shape index (κ2) is 37.1. The summed E-state index contributed by atoms with van der Waals surface area (Å²) < 4.78 is 37.2. The molecule has 0 bridgehead atoms. The molecule has 0 aromatic carbocycles. The van der Waals surface area contributed by atoms with E-state index in [1.807, 2.05) is 4.72 Å². The second-order valence-electron chi connectivity index (χ2n) is 16.3. The molecule has 1 heterocycles. The zero-order valence-corrected chi connectivity index (χ0v) is 40.0. The predicted molar refractivity (Wildman–Crippen MR) is 244 cm³/mol. The van der Waals surface area contributed by atoms with Crippen LogP contribution in [0.3, 0.4) is 0 Å². The molecule has 0 saturated carbocycles. The molecule has 1 aromatic rings. The van der Waals surface area contributed by atoms with E-state index in [2.05, 4.69) is 41.9 Å². The summed E-state index contributed by atoms with van der Waals surface area (Å²) in [7, 11) is -4.00. The van der Waals surface area contributed by atoms with E-state index in [1.165, 1.54) is 38.5 Å². The largest absolute Gasteiger partial charge is 0.480 e. The quantitative estimate of drug-likeness (QED) is 0.0388. The zero-order chi connectivity index (χ0) is 51.3. The average molecular weight is 1010 g/mol. The highest BCUT2D eigenvalue weighted by Crippen LogP contribution is 2.14. The van der Waals surface area contributed by atoms with Gasteiger partial charge in [0.05, 0.1) is 25.6 Å². The van der Waals surface area contributed by atoms with E-state index in [0.29, 0.717) is 6.42 Å². The Bertz CT molecular complexity index is 1840. The number of primary amides is 1. The van der Waals surface area contributed by atoms with Gasteiger partial charge in [-0.25, -0.2) is 22.8 Å². The Labute approximate surface area is 401 Å². The van der Waals surface area contributed by atoms with Crippen molar-refractivity contribution in [1.82, 2.24) is 46.6 Å². The maximum Gasteiger partial charge on any atom is 0.326 e. The Balaban J connectivity index is 2.12. The molecule has 0 aliphatic heterocycles. The van der Waals surface area contributed by atoms with Crippen LogP contribution in [0, 0.1) is 0 Å². The number of amides is 6. The third-order valence-corrected chi connectivity index (χ3v) is 11.7. The molecular weight excluding hydrogens is 933 g/mol. The maximum atomic E-state index is 12.4. The number of carboxylic acid groups (broad SMARTS) is 3. The zero-order valence-electron chi connectivity index (χ0n) is 39.2. The van der Waals surface area contributed by atoms with Gasteiger partial charge in [-0.05, 0) is 38.5 Å². The predicted octanol–water partition coefficient (Wildman–Crippen LogP) is 0.113. The van der Waals surface area contributed by atoms with Gasteiger partial charge >= 0.3 is 17.9 Å². The maximum absolute atomic E-state index is 12.4. The summed E-state index contributed by atoms with van der Waals surface area (Å²) in [6, 6.07) is -4.32. The van der Waals surface area contributed by atoms with Crippen molar-refractivity contribution in [3.8, 4) is 0 Å². The van der Waals surface area contributed by atoms with Crippen LogP contribution < -0.4 is 31.7 Å². The Hall–Kier alpha value is -5.83. The number of carboxylic acids is 3. The van der Waals surface area contributed by atoms with Crippen molar-refractivity contribution in [2.75, 3.05) is 38.7 Å². The van der Waals surface area contributed by atoms with Crippen LogP contribution >= 0.6 is 0 Å². The van der Waals surface area contributed by atoms with E-state index >= 15 is 0 Å². The van der Waals surface area contributed by atoms with Gasteiger partial charge in [0, 0.05) is 45.1 Å². The first-order valence-corrected chi connectivity index (χ1v) is 25.1. The highest BCUT2D eigenvalue weighted by Gasteiger charge is 2.25. The Morgan fingerprint density at radius 1 is 0.551 bits per heavy atom. The monoisotopic (exact) mass is 1000 g/mol. The molecule has 1 rings (SSSR count). The molecule has 6 amide bonds. The van der Waals surface area contributed by atoms with Crippen molar-refractivity contribution in [2.24, 2.45) is 5.73 Å². The average Bonchev–Trinajstić information content (AvgIpc) is 3.80. The SMILES string of the molecule is NC(=O)CCC(NC(=O)CCC(NC(=O)COCCOCCNC(=O)CCC(NC(=O)CCCS(=O)(=O)NC(=O)CCCCCCCCCCCCCCCc1nn[nH]n1)C(=O)O)C(=O)O)C(=O)O. The number of ether oxygens (including phenoxy) is 2. The van der Waals surface area contributed by atoms with Crippen LogP contribution in [0.15, 0.2) is 0 Å². The van der Waals surface area contributed by atoms with Crippen molar-refractivity contribution in [3.05, 3.63) is 5.82 Å². The molecule has 392 valence electrons. The Morgan fingerprint density at radius 2 is 1.01 bits per heavy atom. The molecule has 26 nitrogen and oxygen atoms in total. The molecule has 0 fully saturated rings. The third-order valence-electron chi connectivity index (χ3n) is 10.4. The van der Waals surface area contributed by atoms with Gasteiger partial charge in [0.1, 0.15) is 24.7 Å². The van der Waals surface area contributed by atoms with Crippen molar-refractivity contribution in [2.45, 2.75) is 166 Å². The van der Waals surface area contributed by atoms with Gasteiger partial charge in [0.25, 0.3) is 0 Å². The van der Waals surface area contributed by atoms with Crippen molar-refractivity contribution >= 4 is 63.4 Å². The number of tetrazole rings is 1. The molecule has 0 saturated heterocycles. The molecule has 0 aliphatic rings. The van der Waals surface area contributed by atoms with Gasteiger partial charge in [-0.1, -0.05) is 75.8 Å². The van der Waals surface area contributed by atoms with E-state index in [4.69, 9.17) is 15.2 Å². The second-order valence-corrected chi connectivity index (χ2v) is 18.2. The number of unbranched alkanes of at least 4 members (excludes halogenated alkanes) is 12. The summed E-state index contributed by atoms with van der Waals surface area (Å²) in [5.41, 5.74) is 4.99. The number of carbonyl (C=O) groups is 9. The van der Waals surface area contributed by atoms with Crippen LogP contribution in [0.2, 0.25) is 0 Å². The van der Waals surface area contributed by atoms with Gasteiger partial charge < -0.3 is 51.8 Å². The number of aromatic amines is 1. The molecule has 27 heteroatoms. The molecular formula is C42H72N10O16S. The summed E-state index contributed by atoms with van der Waals surface area (Å²) in [4.78, 5) is 107. The molecule has 69 heavy (non-hydrogen) atoms. The fourth-order valence-corrected chi connectivity index (χ4v) is 7.69. The van der Waals surface area contributed by atoms with Gasteiger partial charge in [0.2, 0.25) is 45.5 Å². The minimum Gasteiger partial charge on any atom is -0.480 e. The number of rotatable bonds is 44. The number of hydrogen-bond donors (Lipinski definition) is 10. The standard InChI is InChI=1S/C42H72N10O16S/c43-33(53)21-18-30(40(59)60)46-37(56)23-20-32(42(63)64)47-39(58)29-68-27-26-67-25-24-44-35(54)22-19-31(41(61)62)45-36(55)17-14-28-69(65,66)50-38(57)16-13-11-9-7-5-3-1-2-4-6-8-10-12-15-34-48-51-52-49-34/h30-32H,1-29H2,(H2,43,53)(H,44,54)(H,45,55)(H,46,56)(H,47,58)(H,50,57)(H,59,60)(H,61,62)(H,63,64)(H,48,49,51,52). The summed E-state index contributed by atoms with van der Waals surface area (Å²) in [5.74, 6) is -8.30. The molecule has 0 radical (unpaired) electrons. The van der Waals surface area contributed by atoms with Crippen molar-refractivity contribution in [3.63, 3.8) is 0 Å². The number of carbonyl (C=O) groups excluding carboxylic acids is 6. The molecule has 0 aliphatic carbocycles. The van der Waals surface area contributed by atoms with E-state index in [0.717, 1.165) is 50.8 Å². The van der Waals surface area contributed by atoms with Gasteiger partial charge in [-0.3, -0.25) is 33.5 Å². The van der Waals surface area contributed by atoms with Crippen molar-refractivity contribution in [1.29, 1.82) is 0 Å². The van der Waals surface area contributed by atoms with Gasteiger partial charge in [-0.2, -0.15) is 5.21 Å². The number of H-pyrrole nitrogens is 1. The van der Waals surface area contributed by atoms with E-state index in [-0.39, 0.29) is 77.7 Å². The number of nitrogens with two attached hydrogens (primary N) is 1. The third kappa shape index (κ3) is 34.2. The van der Waals surface area contributed by atoms with Crippen LogP contribution in [0.4, 0.5) is 0 Å². The van der Waals surface area contributed by atoms with Crippen LogP contribution in [0.5, 0.6) is 0 Å². The van der Waals surface area contributed by atoms with Crippen molar-refractivity contribution < 1.29 is 76.4 Å². The van der Waals surface area contributed by atoms with Gasteiger partial charge in [-0.15, -0.1) is 10.2 Å². The number of nitrogens with one attached hydrogen (secondary N) is 6. The minimum atomic E-state index is -4.00. The first-order valence-electron chi connectivity index (χ1n) is 23.4. The summed E-state index contributed by atoms with van der Waals surface area (Å²) >= 11 is 0. The van der Waals surface area contributed by atoms with E-state index in [1.54, 1.807) is 0 Å². The Morgan fingerprint density at radius 3 is 1.54 bits per heavy atom. The lowest BCUT2D eigenvalue weighted by Crippen LogP contribution is -2.45. The summed E-state index contributed by atoms with van der Waals surface area (Å²) in [6.07, 6.45) is 12.5. The molecule has 1 aromatic heterocycles. The summed E-state index contributed by atoms with van der Waals surface area (Å²) in [5, 5.41) is 51.1. The number of aryl methyl sites for hydroxylation is 1. The fraction of sp³-hybridized carbons (Fsp3) is 0.762. The van der Waals surface area contributed by atoms with E-state index < -0.39 is 100 Å². The number of hydrogen-bond acceptors (Lipinski definition) is 16. The number of nitrogens with zero attached hydrogens (tertiary/aromatic N) is 3. The summed E-state index contributed by atoms with van der Waals surface area (Å²) in [6.45, 7) is -0.651. The highest BCUT2D eigenvalue weighted by atomic mass is 32.2. The first-order chi connectivity index (χ1) is 32.9. The first kappa shape index (κ1) is 61.2. The molecule has 11 N–H and O–H groups in total. The lowest BCUT2D eigenvalue weighted by molar-refractivity contribution is -0.144. The van der Waals surface area contributed by atoms with Crippen LogP contribution in [-0.2, 0) is 69.1 Å². The lowest BCUT2D eigenvalue weighted by atomic mass is 10.0. The van der Waals surface area contributed by atoms with Crippen LogP contribution in [-0.4, -0.2) is 155 Å². The number of sulfonamides is 1. The minimum absolute atomic E-state index is 0.00668. The smallest absolute Gasteiger partial charge is 0.326 e. The topological polar surface area (TPSA) is 408 Å². The fourth-order valence-electron chi connectivity index (χ4n) is 6.61. The molecule has 3 atom stereocenters. The van der Waals surface area contributed by atoms with Crippen LogP contribution in [0.25, 0.3) is 0 Å². The number of aromatic nitrogens is 4. The lowest BCUT2D eigenvalue weighted by Gasteiger charge is -2.16. The highest BCUT2D eigenvalue weighted by molar-refractivity contribution is 7.90. The van der Waals surface area contributed by atoms with Crippen LogP contribution in [0.1, 0.15) is 147 Å². The number of aliphatic carboxylic acids is 3. The Kier molecular flexibility index (Phi) is 32.9. The normalized spacial score (nSPS) is 12.5. The molecule has 3 unspecified atom stereocenters.